The van der Waals surface area contributed by atoms with Crippen molar-refractivity contribution in [3.63, 3.8) is 0 Å². The van der Waals surface area contributed by atoms with Crippen LogP contribution >= 0.6 is 47.5 Å². The fraction of sp³-hybridized carbons (Fsp3) is 0.250. The van der Waals surface area contributed by atoms with Gasteiger partial charge in [-0.2, -0.15) is 0 Å². The molecule has 0 N–H and O–H groups in total. The second kappa shape index (κ2) is 7.14. The van der Waals surface area contributed by atoms with Crippen molar-refractivity contribution in [3.05, 3.63) is 40.1 Å². The van der Waals surface area contributed by atoms with Crippen LogP contribution in [0.3, 0.4) is 0 Å². The van der Waals surface area contributed by atoms with Crippen LogP contribution in [0.1, 0.15) is 13.8 Å². The first-order chi connectivity index (χ1) is 11.9. The second-order valence-electron chi connectivity index (χ2n) is 5.04. The average molecular weight is 412 g/mol. The second-order valence-corrected chi connectivity index (χ2v) is 10.4. The molecule has 2 aliphatic heterocycles. The number of ketones is 1. The van der Waals surface area contributed by atoms with E-state index in [-0.39, 0.29) is 23.9 Å². The summed E-state index contributed by atoms with van der Waals surface area (Å²) in [6.45, 7) is 3.17. The van der Waals surface area contributed by atoms with Gasteiger partial charge in [0.2, 0.25) is 3.41 Å². The minimum Gasteiger partial charge on any atom is -0.462 e. The number of para-hydroxylation sites is 1. The zero-order valence-corrected chi connectivity index (χ0v) is 16.6. The van der Waals surface area contributed by atoms with Gasteiger partial charge in [0.05, 0.1) is 16.5 Å². The van der Waals surface area contributed by atoms with Crippen molar-refractivity contribution in [2.24, 2.45) is 0 Å². The molecule has 25 heavy (non-hydrogen) atoms. The van der Waals surface area contributed by atoms with Crippen LogP contribution in [0.15, 0.2) is 40.1 Å². The van der Waals surface area contributed by atoms with E-state index in [4.69, 9.17) is 17.0 Å². The standard InChI is InChI=1S/C16H13NO4S4/c1-3-21-12(19)11(9(2)18)13-23-16(24-13)14(20)17(15(22)25-16)10-7-5-4-6-8-10/h4-8H,3H2,1-2H3. The Hall–Kier alpha value is -1.29. The summed E-state index contributed by atoms with van der Waals surface area (Å²) in [5.41, 5.74) is 0.706. The van der Waals surface area contributed by atoms with E-state index in [0.717, 1.165) is 0 Å². The first-order valence-electron chi connectivity index (χ1n) is 7.32. The summed E-state index contributed by atoms with van der Waals surface area (Å²) in [6.07, 6.45) is 0. The smallest absolute Gasteiger partial charge is 0.343 e. The highest BCUT2D eigenvalue weighted by molar-refractivity contribution is 8.54. The van der Waals surface area contributed by atoms with E-state index in [9.17, 15) is 14.4 Å². The number of carbonyl (C=O) groups is 3. The van der Waals surface area contributed by atoms with Crippen LogP contribution in [0, 0.1) is 0 Å². The van der Waals surface area contributed by atoms with E-state index in [1.807, 2.05) is 30.3 Å². The van der Waals surface area contributed by atoms with Gasteiger partial charge in [0.1, 0.15) is 9.89 Å². The Balaban J connectivity index is 1.86. The Morgan fingerprint density at radius 2 is 1.84 bits per heavy atom. The largest absolute Gasteiger partial charge is 0.462 e. The van der Waals surface area contributed by atoms with Crippen LogP contribution in [0.4, 0.5) is 5.69 Å². The molecule has 130 valence electrons. The molecule has 1 aromatic rings. The SMILES string of the molecule is CCOC(=O)C(C(C)=O)=C1SC2(SC(=S)N(c3ccccc3)C2=O)S1. The number of ether oxygens (including phenoxy) is 1. The molecule has 2 fully saturated rings. The van der Waals surface area contributed by atoms with E-state index < -0.39 is 9.38 Å². The first kappa shape index (κ1) is 18.5. The van der Waals surface area contributed by atoms with E-state index in [0.29, 0.717) is 14.2 Å². The molecule has 2 aliphatic rings. The molecule has 1 aromatic carbocycles. The predicted octanol–water partition coefficient (Wildman–Crippen LogP) is 3.55. The molecule has 0 unspecified atom stereocenters. The zero-order chi connectivity index (χ0) is 18.2. The van der Waals surface area contributed by atoms with Gasteiger partial charge in [-0.25, -0.2) is 4.79 Å². The predicted molar refractivity (Wildman–Crippen MR) is 106 cm³/mol. The number of thioether (sulfide) groups is 3. The van der Waals surface area contributed by atoms with Crippen molar-refractivity contribution in [2.45, 2.75) is 17.3 Å². The summed E-state index contributed by atoms with van der Waals surface area (Å²) in [5.74, 6) is -1.20. The molecule has 1 amide bonds. The van der Waals surface area contributed by atoms with Crippen LogP contribution in [-0.4, -0.2) is 32.0 Å². The van der Waals surface area contributed by atoms with E-state index in [2.05, 4.69) is 0 Å². The number of esters is 1. The molecule has 0 bridgehead atoms. The number of benzene rings is 1. The van der Waals surface area contributed by atoms with E-state index in [1.165, 1.54) is 47.1 Å². The molecule has 0 saturated carbocycles. The monoisotopic (exact) mass is 411 g/mol. The third-order valence-electron chi connectivity index (χ3n) is 3.37. The van der Waals surface area contributed by atoms with Gasteiger partial charge < -0.3 is 4.74 Å². The first-order valence-corrected chi connectivity index (χ1v) is 10.2. The highest BCUT2D eigenvalue weighted by atomic mass is 32.3. The molecular formula is C16H13NO4S4. The quantitative estimate of drug-likeness (QED) is 0.245. The lowest BCUT2D eigenvalue weighted by atomic mass is 10.2. The van der Waals surface area contributed by atoms with Gasteiger partial charge in [0.15, 0.2) is 5.78 Å². The maximum absolute atomic E-state index is 12.9. The topological polar surface area (TPSA) is 63.7 Å². The van der Waals surface area contributed by atoms with Gasteiger partial charge in [0.25, 0.3) is 5.91 Å². The van der Waals surface area contributed by atoms with Crippen LogP contribution in [0.25, 0.3) is 0 Å². The molecule has 0 radical (unpaired) electrons. The molecule has 0 aromatic heterocycles. The average Bonchev–Trinajstić information content (AvgIpc) is 2.79. The van der Waals surface area contributed by atoms with Crippen LogP contribution in [0.2, 0.25) is 0 Å². The molecule has 2 saturated heterocycles. The summed E-state index contributed by atoms with van der Waals surface area (Å²) >= 11 is 9.00. The van der Waals surface area contributed by atoms with Crippen molar-refractivity contribution in [2.75, 3.05) is 11.5 Å². The number of hydrogen-bond acceptors (Lipinski definition) is 8. The number of thiocarbonyl (C=S) groups is 1. The van der Waals surface area contributed by atoms with Gasteiger partial charge in [-0.15, -0.1) is 0 Å². The Bertz CT molecular complexity index is 798. The van der Waals surface area contributed by atoms with Gasteiger partial charge in [-0.1, -0.05) is 65.7 Å². The molecule has 0 aliphatic carbocycles. The Kier molecular flexibility index (Phi) is 5.29. The third-order valence-corrected chi connectivity index (χ3v) is 8.27. The summed E-state index contributed by atoms with van der Waals surface area (Å²) in [7, 11) is 0. The molecule has 3 rings (SSSR count). The van der Waals surface area contributed by atoms with E-state index >= 15 is 0 Å². The number of nitrogens with zero attached hydrogens (tertiary/aromatic N) is 1. The van der Waals surface area contributed by atoms with Crippen LogP contribution in [0.5, 0.6) is 0 Å². The van der Waals surface area contributed by atoms with Crippen LogP contribution < -0.4 is 4.90 Å². The van der Waals surface area contributed by atoms with E-state index in [1.54, 1.807) is 6.92 Å². The minimum absolute atomic E-state index is 0.0000421. The van der Waals surface area contributed by atoms with Gasteiger partial charge in [-0.05, 0) is 26.0 Å². The maximum Gasteiger partial charge on any atom is 0.343 e. The Morgan fingerprint density at radius 3 is 2.40 bits per heavy atom. The molecule has 1 spiro atoms. The number of amides is 1. The maximum atomic E-state index is 12.9. The number of Topliss-reactive ketones (excluding diaryl/α,β-unsaturated/α-hetero) is 1. The summed E-state index contributed by atoms with van der Waals surface area (Å²) in [4.78, 5) is 38.2. The molecule has 9 heteroatoms. The van der Waals surface area contributed by atoms with Gasteiger partial charge in [0, 0.05) is 0 Å². The third kappa shape index (κ3) is 3.25. The fourth-order valence-electron chi connectivity index (χ4n) is 2.28. The fourth-order valence-corrected chi connectivity index (χ4v) is 7.99. The number of rotatable bonds is 4. The molecule has 2 heterocycles. The number of carbonyl (C=O) groups excluding carboxylic acids is 3. The molecular weight excluding hydrogens is 398 g/mol. The zero-order valence-electron chi connectivity index (χ0n) is 13.3. The van der Waals surface area contributed by atoms with Crippen molar-refractivity contribution in [1.29, 1.82) is 0 Å². The van der Waals surface area contributed by atoms with Crippen molar-refractivity contribution < 1.29 is 19.1 Å². The minimum atomic E-state index is -0.880. The van der Waals surface area contributed by atoms with Gasteiger partial charge >= 0.3 is 5.97 Å². The Labute approximate surface area is 162 Å². The lowest BCUT2D eigenvalue weighted by molar-refractivity contribution is -0.139. The Morgan fingerprint density at radius 1 is 1.20 bits per heavy atom. The normalized spacial score (nSPS) is 22.2. The highest BCUT2D eigenvalue weighted by Gasteiger charge is 2.60. The lowest BCUT2D eigenvalue weighted by Crippen LogP contribution is -2.39. The summed E-state index contributed by atoms with van der Waals surface area (Å²) in [6, 6.07) is 9.16. The highest BCUT2D eigenvalue weighted by Crippen LogP contribution is 2.70. The molecule has 5 nitrogen and oxygen atoms in total. The van der Waals surface area contributed by atoms with Crippen molar-refractivity contribution in [1.82, 2.24) is 0 Å². The summed E-state index contributed by atoms with van der Waals surface area (Å²) < 4.78 is 5.02. The number of anilines is 1. The van der Waals surface area contributed by atoms with Crippen molar-refractivity contribution >= 4 is 75.2 Å². The number of hydrogen-bond donors (Lipinski definition) is 0. The lowest BCUT2D eigenvalue weighted by Gasteiger charge is -2.35. The van der Waals surface area contributed by atoms with Crippen molar-refractivity contribution in [3.8, 4) is 0 Å². The van der Waals surface area contributed by atoms with Gasteiger partial charge in [-0.3, -0.25) is 14.5 Å². The summed E-state index contributed by atoms with van der Waals surface area (Å²) in [5, 5.41) is 0. The molecule has 0 atom stereocenters. The van der Waals surface area contributed by atoms with Crippen LogP contribution in [-0.2, 0) is 19.1 Å².